The van der Waals surface area contributed by atoms with Gasteiger partial charge in [0.2, 0.25) is 0 Å². The Morgan fingerprint density at radius 1 is 1.44 bits per heavy atom. The van der Waals surface area contributed by atoms with Crippen LogP contribution in [0.25, 0.3) is 0 Å². The molecule has 2 rings (SSSR count). The largest absolute Gasteiger partial charge is 0.285 e. The van der Waals surface area contributed by atoms with E-state index in [1.54, 1.807) is 12.1 Å². The van der Waals surface area contributed by atoms with Gasteiger partial charge in [0.05, 0.1) is 6.07 Å². The number of rotatable bonds is 3. The summed E-state index contributed by atoms with van der Waals surface area (Å²) in [6.45, 7) is 3.66. The molecule has 0 N–H and O–H groups in total. The van der Waals surface area contributed by atoms with Crippen LogP contribution in [-0.2, 0) is 6.42 Å². The molecule has 1 fully saturated rings. The summed E-state index contributed by atoms with van der Waals surface area (Å²) in [6, 6.07) is 6.97. The highest BCUT2D eigenvalue weighted by atomic mass is 35.5. The molecule has 1 aliphatic rings. The first-order valence-corrected chi connectivity index (χ1v) is 6.54. The van der Waals surface area contributed by atoms with Crippen LogP contribution >= 0.6 is 11.6 Å². The number of nitrogens with zero attached hydrogens (tertiary/aromatic N) is 2. The summed E-state index contributed by atoms with van der Waals surface area (Å²) in [4.78, 5) is 2.12. The van der Waals surface area contributed by atoms with Crippen LogP contribution in [0.1, 0.15) is 25.3 Å². The van der Waals surface area contributed by atoms with Gasteiger partial charge in [-0.3, -0.25) is 4.90 Å². The van der Waals surface area contributed by atoms with Crippen molar-refractivity contribution in [2.24, 2.45) is 0 Å². The topological polar surface area (TPSA) is 27.0 Å². The van der Waals surface area contributed by atoms with Crippen molar-refractivity contribution in [3.8, 4) is 6.07 Å². The van der Waals surface area contributed by atoms with Crippen molar-refractivity contribution >= 4 is 11.6 Å². The lowest BCUT2D eigenvalue weighted by Gasteiger charge is -2.32. The molecular weight excluding hydrogens is 251 g/mol. The van der Waals surface area contributed by atoms with Gasteiger partial charge in [-0.15, -0.1) is 0 Å². The quantitative estimate of drug-likeness (QED) is 0.838. The Balaban J connectivity index is 2.28. The molecule has 1 heterocycles. The molecule has 1 unspecified atom stereocenters. The average Bonchev–Trinajstić information content (AvgIpc) is 2.88. The van der Waals surface area contributed by atoms with E-state index in [4.69, 9.17) is 11.6 Å². The highest BCUT2D eigenvalue weighted by Crippen LogP contribution is 2.29. The number of nitriles is 1. The van der Waals surface area contributed by atoms with E-state index >= 15 is 0 Å². The molecule has 0 amide bonds. The summed E-state index contributed by atoms with van der Waals surface area (Å²) in [7, 11) is 0. The van der Waals surface area contributed by atoms with Crippen LogP contribution in [0.15, 0.2) is 18.2 Å². The third kappa shape index (κ3) is 2.50. The van der Waals surface area contributed by atoms with Crippen molar-refractivity contribution < 1.29 is 4.39 Å². The van der Waals surface area contributed by atoms with Gasteiger partial charge < -0.3 is 0 Å². The Morgan fingerprint density at radius 3 is 2.67 bits per heavy atom. The molecule has 4 heteroatoms. The molecule has 1 aromatic rings. The van der Waals surface area contributed by atoms with Crippen molar-refractivity contribution in [3.63, 3.8) is 0 Å². The predicted octanol–water partition coefficient (Wildman–Crippen LogP) is 3.40. The predicted molar refractivity (Wildman–Crippen MR) is 69.9 cm³/mol. The number of hydrogen-bond acceptors (Lipinski definition) is 2. The lowest BCUT2D eigenvalue weighted by molar-refractivity contribution is 0.190. The summed E-state index contributed by atoms with van der Waals surface area (Å²) < 4.78 is 13.8. The van der Waals surface area contributed by atoms with E-state index in [0.717, 1.165) is 25.9 Å². The van der Waals surface area contributed by atoms with Crippen LogP contribution in [0.2, 0.25) is 5.02 Å². The first kappa shape index (κ1) is 13.3. The van der Waals surface area contributed by atoms with Crippen LogP contribution in [0.5, 0.6) is 0 Å². The van der Waals surface area contributed by atoms with Crippen molar-refractivity contribution in [1.82, 2.24) is 4.90 Å². The maximum Gasteiger partial charge on any atom is 0.127 e. The van der Waals surface area contributed by atoms with E-state index in [1.807, 2.05) is 6.92 Å². The average molecular weight is 267 g/mol. The summed E-state index contributed by atoms with van der Waals surface area (Å²) in [5.41, 5.74) is -0.238. The molecule has 0 spiro atoms. The Morgan fingerprint density at radius 2 is 2.11 bits per heavy atom. The minimum absolute atomic E-state index is 0.328. The van der Waals surface area contributed by atoms with Gasteiger partial charge in [-0.2, -0.15) is 5.26 Å². The van der Waals surface area contributed by atoms with E-state index in [-0.39, 0.29) is 5.82 Å². The van der Waals surface area contributed by atoms with Crippen molar-refractivity contribution in [1.29, 1.82) is 5.26 Å². The number of halogens is 2. The van der Waals surface area contributed by atoms with Crippen molar-refractivity contribution in [2.45, 2.75) is 31.7 Å². The molecule has 2 nitrogen and oxygen atoms in total. The van der Waals surface area contributed by atoms with Crippen molar-refractivity contribution in [2.75, 3.05) is 13.1 Å². The van der Waals surface area contributed by atoms with E-state index in [1.165, 1.54) is 6.07 Å². The SMILES string of the molecule is CC(C#N)(Cc1c(F)cccc1Cl)N1CCCC1. The van der Waals surface area contributed by atoms with Crippen LogP contribution < -0.4 is 0 Å². The van der Waals surface area contributed by atoms with E-state index < -0.39 is 5.54 Å². The number of likely N-dealkylation sites (tertiary alicyclic amines) is 1. The summed E-state index contributed by atoms with van der Waals surface area (Å²) in [5, 5.41) is 9.83. The fraction of sp³-hybridized carbons (Fsp3) is 0.500. The van der Waals surface area contributed by atoms with E-state index in [9.17, 15) is 9.65 Å². The number of benzene rings is 1. The van der Waals surface area contributed by atoms with Crippen LogP contribution in [0.3, 0.4) is 0 Å². The maximum absolute atomic E-state index is 13.8. The lowest BCUT2D eigenvalue weighted by Crippen LogP contribution is -2.45. The second kappa shape index (κ2) is 5.26. The zero-order valence-corrected chi connectivity index (χ0v) is 11.2. The molecule has 1 atom stereocenters. The minimum Gasteiger partial charge on any atom is -0.285 e. The highest BCUT2D eigenvalue weighted by molar-refractivity contribution is 6.31. The molecule has 0 saturated carbocycles. The van der Waals surface area contributed by atoms with Crippen LogP contribution in [-0.4, -0.2) is 23.5 Å². The normalized spacial score (nSPS) is 19.4. The molecule has 0 radical (unpaired) electrons. The first-order chi connectivity index (χ1) is 8.57. The molecule has 1 aliphatic heterocycles. The van der Waals surface area contributed by atoms with Crippen LogP contribution in [0, 0.1) is 17.1 Å². The fourth-order valence-electron chi connectivity index (χ4n) is 2.48. The van der Waals surface area contributed by atoms with Gasteiger partial charge in [0.25, 0.3) is 0 Å². The Bertz CT molecular complexity index is 457. The number of hydrogen-bond donors (Lipinski definition) is 0. The van der Waals surface area contributed by atoms with Gasteiger partial charge >= 0.3 is 0 Å². The van der Waals surface area contributed by atoms with Gasteiger partial charge in [-0.05, 0) is 45.0 Å². The highest BCUT2D eigenvalue weighted by Gasteiger charge is 2.35. The molecule has 1 aromatic carbocycles. The van der Waals surface area contributed by atoms with Crippen molar-refractivity contribution in [3.05, 3.63) is 34.6 Å². The summed E-state index contributed by atoms with van der Waals surface area (Å²) in [6.07, 6.45) is 2.53. The molecule has 96 valence electrons. The smallest absolute Gasteiger partial charge is 0.127 e. The zero-order valence-electron chi connectivity index (χ0n) is 10.4. The monoisotopic (exact) mass is 266 g/mol. The molecule has 0 aliphatic carbocycles. The third-order valence-electron chi connectivity index (χ3n) is 3.63. The summed E-state index contributed by atoms with van der Waals surface area (Å²) >= 11 is 6.03. The van der Waals surface area contributed by atoms with Gasteiger partial charge in [-0.25, -0.2) is 4.39 Å². The van der Waals surface area contributed by atoms with Gasteiger partial charge in [0.15, 0.2) is 0 Å². The molecule has 0 bridgehead atoms. The van der Waals surface area contributed by atoms with Crippen LogP contribution in [0.4, 0.5) is 4.39 Å². The third-order valence-corrected chi connectivity index (χ3v) is 3.98. The lowest BCUT2D eigenvalue weighted by atomic mass is 9.92. The van der Waals surface area contributed by atoms with E-state index in [2.05, 4.69) is 11.0 Å². The standard InChI is InChI=1S/C14H16ClFN2/c1-14(10-17,18-7-2-3-8-18)9-11-12(15)5-4-6-13(11)16/h4-6H,2-3,7-9H2,1H3. The summed E-state index contributed by atoms with van der Waals surface area (Å²) in [5.74, 6) is -0.330. The maximum atomic E-state index is 13.8. The van der Waals surface area contributed by atoms with Gasteiger partial charge in [0.1, 0.15) is 11.4 Å². The molecule has 18 heavy (non-hydrogen) atoms. The van der Waals surface area contributed by atoms with Gasteiger partial charge in [-0.1, -0.05) is 17.7 Å². The zero-order chi connectivity index (χ0) is 13.2. The fourth-order valence-corrected chi connectivity index (χ4v) is 2.71. The minimum atomic E-state index is -0.678. The Hall–Kier alpha value is -1.11. The van der Waals surface area contributed by atoms with Gasteiger partial charge in [0, 0.05) is 17.0 Å². The molecule has 1 saturated heterocycles. The van der Waals surface area contributed by atoms with E-state index in [0.29, 0.717) is 17.0 Å². The Kier molecular flexibility index (Phi) is 3.89. The molecular formula is C14H16ClFN2. The first-order valence-electron chi connectivity index (χ1n) is 6.16. The Labute approximate surface area is 112 Å². The molecule has 0 aromatic heterocycles. The second-order valence-electron chi connectivity index (χ2n) is 4.96. The second-order valence-corrected chi connectivity index (χ2v) is 5.36.